The van der Waals surface area contributed by atoms with E-state index in [1.807, 2.05) is 6.08 Å². The molecule has 0 unspecified atom stereocenters. The summed E-state index contributed by atoms with van der Waals surface area (Å²) in [5, 5.41) is 2.37. The van der Waals surface area contributed by atoms with Gasteiger partial charge in [-0.1, -0.05) is 37.5 Å². The molecular formula is C19H24F3NO3. The van der Waals surface area contributed by atoms with Gasteiger partial charge in [0.05, 0.1) is 18.2 Å². The molecule has 1 aromatic carbocycles. The zero-order valence-electron chi connectivity index (χ0n) is 14.8. The Bertz CT molecular complexity index is 614. The molecule has 0 radical (unpaired) electrons. The van der Waals surface area contributed by atoms with Crippen molar-refractivity contribution in [2.45, 2.75) is 50.7 Å². The molecule has 1 N–H and O–H groups in total. The predicted octanol–water partition coefficient (Wildman–Crippen LogP) is 4.50. The number of nitrogens with one attached hydrogen (secondary N) is 1. The summed E-state index contributed by atoms with van der Waals surface area (Å²) < 4.78 is 43.8. The van der Waals surface area contributed by atoms with Gasteiger partial charge in [-0.15, -0.1) is 6.58 Å². The lowest BCUT2D eigenvalue weighted by atomic mass is 10.0. The van der Waals surface area contributed by atoms with Crippen LogP contribution < -0.4 is 5.32 Å². The molecule has 0 bridgehead atoms. The summed E-state index contributed by atoms with van der Waals surface area (Å²) in [6.07, 6.45) is 1.82. The molecular weight excluding hydrogens is 347 g/mol. The molecule has 0 aliphatic rings. The molecule has 0 fully saturated rings. The zero-order valence-corrected chi connectivity index (χ0v) is 14.8. The molecule has 0 heterocycles. The highest BCUT2D eigenvalue weighted by atomic mass is 19.4. The van der Waals surface area contributed by atoms with E-state index in [0.717, 1.165) is 37.8 Å². The summed E-state index contributed by atoms with van der Waals surface area (Å²) in [6, 6.07) is 3.49. The van der Waals surface area contributed by atoms with Gasteiger partial charge < -0.3 is 10.1 Å². The quantitative estimate of drug-likeness (QED) is 0.374. The Balaban J connectivity index is 2.75. The number of carbonyl (C=O) groups is 2. The van der Waals surface area contributed by atoms with E-state index < -0.39 is 35.2 Å². The first-order chi connectivity index (χ1) is 12.3. The van der Waals surface area contributed by atoms with Crippen LogP contribution in [-0.2, 0) is 15.7 Å². The largest absolute Gasteiger partial charge is 0.467 e. The third-order valence-corrected chi connectivity index (χ3v) is 3.92. The number of halogens is 3. The molecule has 0 spiro atoms. The normalized spacial score (nSPS) is 12.3. The first-order valence-corrected chi connectivity index (χ1v) is 8.47. The molecule has 1 amide bonds. The molecule has 1 atom stereocenters. The fourth-order valence-corrected chi connectivity index (χ4v) is 2.55. The third-order valence-electron chi connectivity index (χ3n) is 3.92. The molecule has 26 heavy (non-hydrogen) atoms. The average molecular weight is 371 g/mol. The second-order valence-corrected chi connectivity index (χ2v) is 5.87. The number of ether oxygens (including phenoxy) is 1. The number of allylic oxidation sites excluding steroid dienone is 1. The number of amides is 1. The van der Waals surface area contributed by atoms with Crippen molar-refractivity contribution in [3.05, 3.63) is 48.0 Å². The molecule has 0 saturated heterocycles. The predicted molar refractivity (Wildman–Crippen MR) is 92.6 cm³/mol. The Morgan fingerprint density at radius 3 is 2.46 bits per heavy atom. The van der Waals surface area contributed by atoms with Crippen molar-refractivity contribution in [2.75, 3.05) is 7.11 Å². The van der Waals surface area contributed by atoms with E-state index in [1.54, 1.807) is 0 Å². The highest BCUT2D eigenvalue weighted by Gasteiger charge is 2.35. The van der Waals surface area contributed by atoms with Gasteiger partial charge in [0.25, 0.3) is 5.91 Å². The minimum Gasteiger partial charge on any atom is -0.467 e. The second kappa shape index (κ2) is 10.6. The Kier molecular flexibility index (Phi) is 8.88. The van der Waals surface area contributed by atoms with Crippen molar-refractivity contribution >= 4 is 11.9 Å². The van der Waals surface area contributed by atoms with Gasteiger partial charge in [0.15, 0.2) is 0 Å². The van der Waals surface area contributed by atoms with Crippen LogP contribution in [0.2, 0.25) is 0 Å². The van der Waals surface area contributed by atoms with Gasteiger partial charge in [0, 0.05) is 0 Å². The summed E-state index contributed by atoms with van der Waals surface area (Å²) in [5.74, 6) is -1.62. The van der Waals surface area contributed by atoms with E-state index in [-0.39, 0.29) is 0 Å². The van der Waals surface area contributed by atoms with E-state index in [0.29, 0.717) is 12.8 Å². The second-order valence-electron chi connectivity index (χ2n) is 5.87. The van der Waals surface area contributed by atoms with Gasteiger partial charge in [0.1, 0.15) is 6.04 Å². The van der Waals surface area contributed by atoms with Crippen LogP contribution in [0.15, 0.2) is 36.9 Å². The first-order valence-electron chi connectivity index (χ1n) is 8.47. The maximum atomic E-state index is 13.0. The molecule has 0 saturated carbocycles. The Morgan fingerprint density at radius 1 is 1.19 bits per heavy atom. The van der Waals surface area contributed by atoms with Gasteiger partial charge in [-0.3, -0.25) is 4.79 Å². The van der Waals surface area contributed by atoms with Crippen molar-refractivity contribution in [2.24, 2.45) is 0 Å². The molecule has 1 rings (SSSR count). The molecule has 1 aromatic rings. The van der Waals surface area contributed by atoms with Gasteiger partial charge in [0.2, 0.25) is 0 Å². The van der Waals surface area contributed by atoms with Crippen molar-refractivity contribution < 1.29 is 27.5 Å². The van der Waals surface area contributed by atoms with E-state index in [2.05, 4.69) is 16.6 Å². The lowest BCUT2D eigenvalue weighted by molar-refractivity contribution is -0.143. The molecule has 144 valence electrons. The Labute approximate surface area is 151 Å². The smallest absolute Gasteiger partial charge is 0.417 e. The number of unbranched alkanes of at least 4 members (excludes halogenated alkanes) is 4. The number of rotatable bonds is 10. The van der Waals surface area contributed by atoms with Crippen LogP contribution in [0.3, 0.4) is 0 Å². The van der Waals surface area contributed by atoms with Gasteiger partial charge in [-0.2, -0.15) is 13.2 Å². The first kappa shape index (κ1) is 21.7. The molecule has 0 aliphatic heterocycles. The molecule has 0 aliphatic carbocycles. The standard InChI is InChI=1S/C19H24F3NO3/c1-3-4-5-6-7-8-13-16(18(25)26-2)23-17(24)14-11-9-10-12-15(14)19(20,21)22/h3,9-12,16H,1,4-8,13H2,2H3,(H,23,24)/t16-/m0/s1. The maximum absolute atomic E-state index is 13.0. The van der Waals surface area contributed by atoms with Gasteiger partial charge >= 0.3 is 12.1 Å². The van der Waals surface area contributed by atoms with E-state index in [9.17, 15) is 22.8 Å². The summed E-state index contributed by atoms with van der Waals surface area (Å²) >= 11 is 0. The number of hydrogen-bond acceptors (Lipinski definition) is 3. The summed E-state index contributed by atoms with van der Waals surface area (Å²) in [7, 11) is 1.18. The zero-order chi connectivity index (χ0) is 19.6. The maximum Gasteiger partial charge on any atom is 0.417 e. The van der Waals surface area contributed by atoms with Crippen LogP contribution in [0.4, 0.5) is 13.2 Å². The number of benzene rings is 1. The van der Waals surface area contributed by atoms with Crippen molar-refractivity contribution in [3.63, 3.8) is 0 Å². The minimum atomic E-state index is -4.65. The van der Waals surface area contributed by atoms with Gasteiger partial charge in [-0.25, -0.2) is 4.79 Å². The number of methoxy groups -OCH3 is 1. The fourth-order valence-electron chi connectivity index (χ4n) is 2.55. The van der Waals surface area contributed by atoms with Crippen LogP contribution >= 0.6 is 0 Å². The van der Waals surface area contributed by atoms with Crippen LogP contribution in [-0.4, -0.2) is 25.0 Å². The lowest BCUT2D eigenvalue weighted by Gasteiger charge is -2.18. The number of carbonyl (C=O) groups excluding carboxylic acids is 2. The van der Waals surface area contributed by atoms with E-state index >= 15 is 0 Å². The van der Waals surface area contributed by atoms with Crippen molar-refractivity contribution in [3.8, 4) is 0 Å². The summed E-state index contributed by atoms with van der Waals surface area (Å²) in [5.41, 5.74) is -1.55. The highest BCUT2D eigenvalue weighted by molar-refractivity contribution is 5.98. The SMILES string of the molecule is C=CCCCCCC[C@H](NC(=O)c1ccccc1C(F)(F)F)C(=O)OC. The highest BCUT2D eigenvalue weighted by Crippen LogP contribution is 2.31. The summed E-state index contributed by atoms with van der Waals surface area (Å²) in [4.78, 5) is 24.1. The number of hydrogen-bond donors (Lipinski definition) is 1. The molecule has 0 aromatic heterocycles. The van der Waals surface area contributed by atoms with E-state index in [1.165, 1.54) is 19.2 Å². The lowest BCUT2D eigenvalue weighted by Crippen LogP contribution is -2.42. The van der Waals surface area contributed by atoms with E-state index in [4.69, 9.17) is 0 Å². The Morgan fingerprint density at radius 2 is 1.85 bits per heavy atom. The third kappa shape index (κ3) is 6.90. The number of esters is 1. The minimum absolute atomic E-state index is 0.306. The number of alkyl halides is 3. The Hall–Kier alpha value is -2.31. The topological polar surface area (TPSA) is 55.4 Å². The molecule has 7 heteroatoms. The van der Waals surface area contributed by atoms with Crippen molar-refractivity contribution in [1.29, 1.82) is 0 Å². The van der Waals surface area contributed by atoms with Crippen LogP contribution in [0.25, 0.3) is 0 Å². The van der Waals surface area contributed by atoms with Gasteiger partial charge in [-0.05, 0) is 31.4 Å². The monoisotopic (exact) mass is 371 g/mol. The van der Waals surface area contributed by atoms with Crippen LogP contribution in [0.5, 0.6) is 0 Å². The molecule has 4 nitrogen and oxygen atoms in total. The van der Waals surface area contributed by atoms with Crippen LogP contribution in [0.1, 0.15) is 54.4 Å². The van der Waals surface area contributed by atoms with Crippen LogP contribution in [0, 0.1) is 0 Å². The van der Waals surface area contributed by atoms with Crippen molar-refractivity contribution in [1.82, 2.24) is 5.32 Å². The summed E-state index contributed by atoms with van der Waals surface area (Å²) in [6.45, 7) is 3.64. The fraction of sp³-hybridized carbons (Fsp3) is 0.474. The average Bonchev–Trinajstić information content (AvgIpc) is 2.62.